The Morgan fingerprint density at radius 2 is 1.88 bits per heavy atom. The fourth-order valence-corrected chi connectivity index (χ4v) is 3.61. The molecular formula is C19H22N2O2S. The first-order valence-electron chi connectivity index (χ1n) is 8.37. The van der Waals surface area contributed by atoms with Crippen molar-refractivity contribution in [2.75, 3.05) is 18.4 Å². The standard InChI is InChI=1S/C19H22N2O2S/c22-18(7-6-15-4-2-1-3-5-15)21-11-8-16(9-12-21)19(23)20-17-10-13-24-14-17/h1-5,10,13-14,16H,6-9,11-12H2,(H,20,23). The quantitative estimate of drug-likeness (QED) is 0.903. The zero-order valence-electron chi connectivity index (χ0n) is 13.6. The number of amides is 2. The second kappa shape index (κ2) is 8.11. The smallest absolute Gasteiger partial charge is 0.227 e. The van der Waals surface area contributed by atoms with Gasteiger partial charge in [0, 0.05) is 30.8 Å². The number of hydrogen-bond donors (Lipinski definition) is 1. The summed E-state index contributed by atoms with van der Waals surface area (Å²) in [6.45, 7) is 1.35. The number of likely N-dealkylation sites (tertiary alicyclic amines) is 1. The molecule has 0 saturated carbocycles. The summed E-state index contributed by atoms with van der Waals surface area (Å²) in [6.07, 6.45) is 2.80. The minimum Gasteiger partial charge on any atom is -0.343 e. The van der Waals surface area contributed by atoms with E-state index in [1.807, 2.05) is 52.1 Å². The highest BCUT2D eigenvalue weighted by Gasteiger charge is 2.27. The summed E-state index contributed by atoms with van der Waals surface area (Å²) in [5.41, 5.74) is 2.06. The molecule has 1 aliphatic heterocycles. The minimum absolute atomic E-state index is 0.00285. The van der Waals surface area contributed by atoms with E-state index >= 15 is 0 Å². The number of carbonyl (C=O) groups is 2. The molecule has 24 heavy (non-hydrogen) atoms. The van der Waals surface area contributed by atoms with E-state index in [1.165, 1.54) is 5.56 Å². The summed E-state index contributed by atoms with van der Waals surface area (Å²) in [4.78, 5) is 26.5. The fraction of sp³-hybridized carbons (Fsp3) is 0.368. The van der Waals surface area contributed by atoms with Crippen LogP contribution in [0, 0.1) is 5.92 Å². The van der Waals surface area contributed by atoms with Gasteiger partial charge in [0.1, 0.15) is 0 Å². The predicted octanol–water partition coefficient (Wildman–Crippen LogP) is 3.56. The Morgan fingerprint density at radius 3 is 2.54 bits per heavy atom. The van der Waals surface area contributed by atoms with Crippen LogP contribution in [0.1, 0.15) is 24.8 Å². The van der Waals surface area contributed by atoms with Crippen molar-refractivity contribution in [2.24, 2.45) is 5.92 Å². The number of aryl methyl sites for hydroxylation is 1. The van der Waals surface area contributed by atoms with E-state index in [0.29, 0.717) is 19.5 Å². The van der Waals surface area contributed by atoms with E-state index in [-0.39, 0.29) is 17.7 Å². The van der Waals surface area contributed by atoms with E-state index in [4.69, 9.17) is 0 Å². The van der Waals surface area contributed by atoms with Crippen LogP contribution in [0.25, 0.3) is 0 Å². The maximum absolute atomic E-state index is 12.3. The van der Waals surface area contributed by atoms with Crippen molar-refractivity contribution >= 4 is 28.8 Å². The van der Waals surface area contributed by atoms with Gasteiger partial charge in [-0.15, -0.1) is 0 Å². The number of nitrogens with zero attached hydrogens (tertiary/aromatic N) is 1. The number of carbonyl (C=O) groups excluding carboxylic acids is 2. The van der Waals surface area contributed by atoms with Gasteiger partial charge in [0.15, 0.2) is 0 Å². The molecule has 1 N–H and O–H groups in total. The van der Waals surface area contributed by atoms with E-state index < -0.39 is 0 Å². The third-order valence-electron chi connectivity index (χ3n) is 4.48. The third-order valence-corrected chi connectivity index (χ3v) is 5.16. The molecule has 0 atom stereocenters. The predicted molar refractivity (Wildman–Crippen MR) is 97.0 cm³/mol. The van der Waals surface area contributed by atoms with Crippen LogP contribution in [0.15, 0.2) is 47.2 Å². The monoisotopic (exact) mass is 342 g/mol. The Kier molecular flexibility index (Phi) is 5.64. The highest BCUT2D eigenvalue weighted by Crippen LogP contribution is 2.21. The lowest BCUT2D eigenvalue weighted by Gasteiger charge is -2.31. The SMILES string of the molecule is O=C(Nc1ccsc1)C1CCN(C(=O)CCc2ccccc2)CC1. The van der Waals surface area contributed by atoms with E-state index in [2.05, 4.69) is 5.32 Å². The Bertz CT molecular complexity index is 662. The van der Waals surface area contributed by atoms with Gasteiger partial charge >= 0.3 is 0 Å². The van der Waals surface area contributed by atoms with Gasteiger partial charge in [-0.3, -0.25) is 9.59 Å². The van der Waals surface area contributed by atoms with Gasteiger partial charge in [0.25, 0.3) is 0 Å². The zero-order chi connectivity index (χ0) is 16.8. The summed E-state index contributed by atoms with van der Waals surface area (Å²) in [6, 6.07) is 12.0. The van der Waals surface area contributed by atoms with Crippen LogP contribution in [0.4, 0.5) is 5.69 Å². The molecule has 2 heterocycles. The molecule has 1 fully saturated rings. The maximum Gasteiger partial charge on any atom is 0.227 e. The minimum atomic E-state index is 0.00285. The molecule has 4 nitrogen and oxygen atoms in total. The number of rotatable bonds is 5. The molecule has 1 aliphatic rings. The highest BCUT2D eigenvalue weighted by atomic mass is 32.1. The molecule has 0 radical (unpaired) electrons. The normalized spacial score (nSPS) is 15.2. The molecule has 0 spiro atoms. The number of piperidine rings is 1. The molecule has 3 rings (SSSR count). The Labute approximate surface area is 146 Å². The topological polar surface area (TPSA) is 49.4 Å². The van der Waals surface area contributed by atoms with Crippen molar-refractivity contribution < 1.29 is 9.59 Å². The maximum atomic E-state index is 12.3. The molecule has 1 aromatic heterocycles. The van der Waals surface area contributed by atoms with Crippen LogP contribution in [0.5, 0.6) is 0 Å². The second-order valence-corrected chi connectivity index (χ2v) is 6.92. The van der Waals surface area contributed by atoms with E-state index in [0.717, 1.165) is 24.9 Å². The number of anilines is 1. The number of nitrogens with one attached hydrogen (secondary N) is 1. The van der Waals surface area contributed by atoms with Gasteiger partial charge in [-0.1, -0.05) is 30.3 Å². The van der Waals surface area contributed by atoms with Crippen LogP contribution in [-0.2, 0) is 16.0 Å². The van der Waals surface area contributed by atoms with Crippen LogP contribution >= 0.6 is 11.3 Å². The van der Waals surface area contributed by atoms with Gasteiger partial charge in [-0.2, -0.15) is 11.3 Å². The molecule has 5 heteroatoms. The summed E-state index contributed by atoms with van der Waals surface area (Å²) in [5, 5.41) is 6.83. The highest BCUT2D eigenvalue weighted by molar-refractivity contribution is 7.08. The average molecular weight is 342 g/mol. The lowest BCUT2D eigenvalue weighted by atomic mass is 9.95. The molecule has 126 valence electrons. The van der Waals surface area contributed by atoms with Crippen LogP contribution in [0.2, 0.25) is 0 Å². The van der Waals surface area contributed by atoms with Gasteiger partial charge < -0.3 is 10.2 Å². The molecule has 1 aromatic carbocycles. The van der Waals surface area contributed by atoms with Crippen LogP contribution in [-0.4, -0.2) is 29.8 Å². The Hall–Kier alpha value is -2.14. The van der Waals surface area contributed by atoms with Gasteiger partial charge in [0.2, 0.25) is 11.8 Å². The second-order valence-electron chi connectivity index (χ2n) is 6.14. The van der Waals surface area contributed by atoms with E-state index in [1.54, 1.807) is 11.3 Å². The Balaban J connectivity index is 1.42. The Morgan fingerprint density at radius 1 is 1.12 bits per heavy atom. The van der Waals surface area contributed by atoms with E-state index in [9.17, 15) is 9.59 Å². The lowest BCUT2D eigenvalue weighted by Crippen LogP contribution is -2.41. The van der Waals surface area contributed by atoms with Crippen molar-refractivity contribution in [3.8, 4) is 0 Å². The molecule has 2 amide bonds. The van der Waals surface area contributed by atoms with Crippen molar-refractivity contribution in [2.45, 2.75) is 25.7 Å². The fourth-order valence-electron chi connectivity index (χ4n) is 3.03. The van der Waals surface area contributed by atoms with Crippen LogP contribution < -0.4 is 5.32 Å². The summed E-state index contributed by atoms with van der Waals surface area (Å²) in [7, 11) is 0. The largest absolute Gasteiger partial charge is 0.343 e. The summed E-state index contributed by atoms with van der Waals surface area (Å²) in [5.74, 6) is 0.267. The van der Waals surface area contributed by atoms with Crippen LogP contribution in [0.3, 0.4) is 0 Å². The molecule has 1 saturated heterocycles. The number of hydrogen-bond acceptors (Lipinski definition) is 3. The zero-order valence-corrected chi connectivity index (χ0v) is 14.4. The van der Waals surface area contributed by atoms with Crippen molar-refractivity contribution in [1.82, 2.24) is 4.90 Å². The molecule has 2 aromatic rings. The molecule has 0 aliphatic carbocycles. The summed E-state index contributed by atoms with van der Waals surface area (Å²) >= 11 is 1.57. The summed E-state index contributed by atoms with van der Waals surface area (Å²) < 4.78 is 0. The molecular weight excluding hydrogens is 320 g/mol. The van der Waals surface area contributed by atoms with Crippen molar-refractivity contribution in [1.29, 1.82) is 0 Å². The first-order chi connectivity index (χ1) is 11.7. The lowest BCUT2D eigenvalue weighted by molar-refractivity contribution is -0.134. The first kappa shape index (κ1) is 16.7. The van der Waals surface area contributed by atoms with Gasteiger partial charge in [0.05, 0.1) is 5.69 Å². The molecule has 0 bridgehead atoms. The molecule has 0 unspecified atom stereocenters. The number of benzene rings is 1. The van der Waals surface area contributed by atoms with Crippen molar-refractivity contribution in [3.05, 3.63) is 52.7 Å². The van der Waals surface area contributed by atoms with Crippen molar-refractivity contribution in [3.63, 3.8) is 0 Å². The first-order valence-corrected chi connectivity index (χ1v) is 9.31. The number of thiophene rings is 1. The third kappa shape index (κ3) is 4.45. The van der Waals surface area contributed by atoms with Gasteiger partial charge in [-0.05, 0) is 36.3 Å². The average Bonchev–Trinajstić information content (AvgIpc) is 3.13. The van der Waals surface area contributed by atoms with Gasteiger partial charge in [-0.25, -0.2) is 0 Å².